The van der Waals surface area contributed by atoms with E-state index in [9.17, 15) is 19.2 Å². The van der Waals surface area contributed by atoms with E-state index in [1.54, 1.807) is 29.1 Å². The number of imidazole rings is 2. The van der Waals surface area contributed by atoms with Crippen LogP contribution in [0.4, 0.5) is 9.59 Å². The minimum Gasteiger partial charge on any atom is -0.453 e. The smallest absolute Gasteiger partial charge is 0.407 e. The summed E-state index contributed by atoms with van der Waals surface area (Å²) in [5, 5.41) is 5.26. The van der Waals surface area contributed by atoms with Crippen LogP contribution in [0.2, 0.25) is 0 Å². The number of H-pyrrole nitrogens is 2. The highest BCUT2D eigenvalue weighted by molar-refractivity contribution is 5.87. The molecule has 4 atom stereocenters. The molecule has 0 saturated carbocycles. The molecule has 0 aliphatic carbocycles. The maximum atomic E-state index is 13.6. The van der Waals surface area contributed by atoms with Gasteiger partial charge in [-0.3, -0.25) is 9.59 Å². The van der Waals surface area contributed by atoms with E-state index in [1.165, 1.54) is 14.2 Å². The Balaban J connectivity index is 1.02. The first-order valence-corrected chi connectivity index (χ1v) is 19.4. The number of rotatable bonds is 10. The van der Waals surface area contributed by atoms with Gasteiger partial charge in [-0.25, -0.2) is 19.6 Å². The van der Waals surface area contributed by atoms with Crippen LogP contribution in [0.3, 0.4) is 0 Å². The fraction of sp³-hybridized carbons (Fsp3) is 0.463. The predicted molar refractivity (Wildman–Crippen MR) is 208 cm³/mol. The standard InChI is InChI=1S/C41H50N8O8/c1-24(2)34(47-40(53)55-5)38(51)48-17-6-8-32(48)35-42-21-30(45-35)28-13-9-26(10-14-28)27-11-15-29(16-12-27)31-22-43-36(46-31)33-20-41(56-18-7-19-57-41)23-49(33)37(50)25(3)44-39(52)54-4/h9-16,21-22,24-25,32-34H,6-8,17-20,23H2,1-5H3,(H,42,45)(H,43,46)(H,44,52)(H,47,53)/t25-,32?,33-,34-/m0/s1. The third-order valence-electron chi connectivity index (χ3n) is 11.0. The van der Waals surface area contributed by atoms with Gasteiger partial charge in [0.1, 0.15) is 23.7 Å². The number of nitrogens with one attached hydrogen (secondary N) is 4. The van der Waals surface area contributed by atoms with E-state index in [0.717, 1.165) is 52.9 Å². The van der Waals surface area contributed by atoms with Crippen LogP contribution in [0.25, 0.3) is 33.6 Å². The quantitative estimate of drug-likeness (QED) is 0.164. The third-order valence-corrected chi connectivity index (χ3v) is 11.0. The van der Waals surface area contributed by atoms with Crippen molar-refractivity contribution in [3.05, 3.63) is 72.6 Å². The lowest BCUT2D eigenvalue weighted by Crippen LogP contribution is -2.51. The maximum absolute atomic E-state index is 13.6. The molecule has 1 spiro atoms. The van der Waals surface area contributed by atoms with E-state index in [-0.39, 0.29) is 30.3 Å². The molecule has 0 radical (unpaired) electrons. The minimum atomic E-state index is -0.937. The molecule has 1 unspecified atom stereocenters. The van der Waals surface area contributed by atoms with Crippen molar-refractivity contribution in [3.63, 3.8) is 0 Å². The zero-order valence-electron chi connectivity index (χ0n) is 32.9. The van der Waals surface area contributed by atoms with Crippen LogP contribution >= 0.6 is 0 Å². The Hall–Kier alpha value is -5.74. The largest absolute Gasteiger partial charge is 0.453 e. The molecule has 302 valence electrons. The van der Waals surface area contributed by atoms with Gasteiger partial charge in [0, 0.05) is 13.0 Å². The van der Waals surface area contributed by atoms with Crippen molar-refractivity contribution in [2.75, 3.05) is 40.5 Å². The predicted octanol–water partition coefficient (Wildman–Crippen LogP) is 5.33. The number of aromatic nitrogens is 4. The average Bonchev–Trinajstić information content (AvgIpc) is 4.06. The van der Waals surface area contributed by atoms with Crippen molar-refractivity contribution < 1.29 is 38.1 Å². The number of amides is 4. The van der Waals surface area contributed by atoms with Gasteiger partial charge >= 0.3 is 12.2 Å². The number of carbonyl (C=O) groups is 4. The van der Waals surface area contributed by atoms with E-state index >= 15 is 0 Å². The fourth-order valence-corrected chi connectivity index (χ4v) is 7.87. The number of methoxy groups -OCH3 is 2. The normalized spacial score (nSPS) is 20.0. The van der Waals surface area contributed by atoms with Gasteiger partial charge in [-0.2, -0.15) is 0 Å². The van der Waals surface area contributed by atoms with Crippen molar-refractivity contribution in [1.82, 2.24) is 40.4 Å². The second-order valence-corrected chi connectivity index (χ2v) is 15.1. The fourth-order valence-electron chi connectivity index (χ4n) is 7.87. The molecule has 3 fully saturated rings. The van der Waals surface area contributed by atoms with Gasteiger partial charge in [-0.1, -0.05) is 62.4 Å². The van der Waals surface area contributed by atoms with Crippen molar-refractivity contribution in [3.8, 4) is 33.6 Å². The van der Waals surface area contributed by atoms with Crippen molar-refractivity contribution in [2.45, 2.75) is 76.4 Å². The van der Waals surface area contributed by atoms with Gasteiger partial charge in [0.05, 0.1) is 69.8 Å². The number of aromatic amines is 2. The molecule has 3 aliphatic rings. The van der Waals surface area contributed by atoms with Gasteiger partial charge in [-0.15, -0.1) is 0 Å². The lowest BCUT2D eigenvalue weighted by molar-refractivity contribution is -0.257. The topological polar surface area (TPSA) is 193 Å². The Kier molecular flexibility index (Phi) is 11.6. The minimum absolute atomic E-state index is 0.112. The first kappa shape index (κ1) is 39.5. The first-order chi connectivity index (χ1) is 27.5. The Morgan fingerprint density at radius 3 is 1.81 bits per heavy atom. The number of benzene rings is 2. The second kappa shape index (κ2) is 16.8. The number of carbonyl (C=O) groups excluding carboxylic acids is 4. The number of hydrogen-bond donors (Lipinski definition) is 4. The van der Waals surface area contributed by atoms with Gasteiger partial charge in [-0.05, 0) is 54.4 Å². The van der Waals surface area contributed by atoms with Crippen LogP contribution in [0, 0.1) is 5.92 Å². The monoisotopic (exact) mass is 782 g/mol. The molecule has 5 heterocycles. The number of ether oxygens (including phenoxy) is 4. The number of alkyl carbamates (subject to hydrolysis) is 2. The van der Waals surface area contributed by atoms with Crippen molar-refractivity contribution in [1.29, 1.82) is 0 Å². The molecule has 2 aromatic carbocycles. The second-order valence-electron chi connectivity index (χ2n) is 15.1. The van der Waals surface area contributed by atoms with E-state index < -0.39 is 36.1 Å². The van der Waals surface area contributed by atoms with Crippen molar-refractivity contribution in [2.24, 2.45) is 5.92 Å². The highest BCUT2D eigenvalue weighted by atomic mass is 16.7. The summed E-state index contributed by atoms with van der Waals surface area (Å²) in [6.07, 6.45) is 5.03. The van der Waals surface area contributed by atoms with E-state index in [2.05, 4.69) is 54.8 Å². The van der Waals surface area contributed by atoms with Gasteiger partial charge < -0.3 is 49.3 Å². The first-order valence-electron chi connectivity index (χ1n) is 19.4. The Morgan fingerprint density at radius 1 is 0.737 bits per heavy atom. The molecule has 57 heavy (non-hydrogen) atoms. The summed E-state index contributed by atoms with van der Waals surface area (Å²) in [4.78, 5) is 70.6. The molecule has 16 nitrogen and oxygen atoms in total. The lowest BCUT2D eigenvalue weighted by atomic mass is 10.0. The van der Waals surface area contributed by atoms with Crippen LogP contribution in [0.1, 0.15) is 70.2 Å². The molecule has 2 aromatic heterocycles. The molecular weight excluding hydrogens is 732 g/mol. The highest BCUT2D eigenvalue weighted by Gasteiger charge is 2.51. The zero-order valence-corrected chi connectivity index (χ0v) is 32.9. The Bertz CT molecular complexity index is 2060. The van der Waals surface area contributed by atoms with E-state index in [0.29, 0.717) is 37.8 Å². The average molecular weight is 783 g/mol. The van der Waals surface area contributed by atoms with Crippen LogP contribution in [0.15, 0.2) is 60.9 Å². The van der Waals surface area contributed by atoms with E-state index in [1.807, 2.05) is 38.1 Å². The van der Waals surface area contributed by atoms with Crippen LogP contribution in [0.5, 0.6) is 0 Å². The SMILES string of the molecule is COC(=O)N[C@@H](C)C(=O)N1CC2(C[C@H]1c1ncc(-c3ccc(-c4ccc(-c5cnc(C6CCCN6C(=O)[C@@H](NC(=O)OC)C(C)C)[nH]5)cc4)cc3)[nH]1)OCCCO2. The molecule has 4 aromatic rings. The third kappa shape index (κ3) is 8.37. The maximum Gasteiger partial charge on any atom is 0.407 e. The number of nitrogens with zero attached hydrogens (tertiary/aromatic N) is 4. The molecule has 0 bridgehead atoms. The Labute approximate surface area is 331 Å². The molecule has 3 aliphatic heterocycles. The van der Waals surface area contributed by atoms with Gasteiger partial charge in [0.15, 0.2) is 5.79 Å². The number of hydrogen-bond acceptors (Lipinski definition) is 10. The molecule has 4 N–H and O–H groups in total. The molecule has 7 rings (SSSR count). The van der Waals surface area contributed by atoms with Gasteiger partial charge in [0.2, 0.25) is 11.8 Å². The zero-order chi connectivity index (χ0) is 40.3. The summed E-state index contributed by atoms with van der Waals surface area (Å²) in [5.41, 5.74) is 5.60. The van der Waals surface area contributed by atoms with Crippen LogP contribution < -0.4 is 10.6 Å². The summed E-state index contributed by atoms with van der Waals surface area (Å²) >= 11 is 0. The van der Waals surface area contributed by atoms with Gasteiger partial charge in [0.25, 0.3) is 0 Å². The molecule has 16 heteroatoms. The molecule has 4 amide bonds. The Morgan fingerprint density at radius 2 is 1.26 bits per heavy atom. The summed E-state index contributed by atoms with van der Waals surface area (Å²) < 4.78 is 21.6. The summed E-state index contributed by atoms with van der Waals surface area (Å²) in [7, 11) is 2.54. The van der Waals surface area contributed by atoms with Crippen LogP contribution in [-0.4, -0.2) is 112 Å². The van der Waals surface area contributed by atoms with Crippen LogP contribution in [-0.2, 0) is 28.5 Å². The van der Waals surface area contributed by atoms with E-state index in [4.69, 9.17) is 18.9 Å². The summed E-state index contributed by atoms with van der Waals surface area (Å²) in [6, 6.07) is 14.1. The molecular formula is C41H50N8O8. The summed E-state index contributed by atoms with van der Waals surface area (Å²) in [5.74, 6) is -0.175. The lowest BCUT2D eigenvalue weighted by Gasteiger charge is -2.33. The highest BCUT2D eigenvalue weighted by Crippen LogP contribution is 2.42. The van der Waals surface area contributed by atoms with Crippen molar-refractivity contribution >= 4 is 24.0 Å². The summed E-state index contributed by atoms with van der Waals surface area (Å²) in [6.45, 7) is 7.28. The molecule has 3 saturated heterocycles. The number of likely N-dealkylation sites (tertiary alicyclic amines) is 2.